The lowest BCUT2D eigenvalue weighted by Crippen LogP contribution is -2.47. The molecule has 12 nitrogen and oxygen atoms in total. The number of sulfonamides is 1. The number of piperazine rings is 1. The van der Waals surface area contributed by atoms with Crippen molar-refractivity contribution >= 4 is 73.1 Å². The van der Waals surface area contributed by atoms with Crippen molar-refractivity contribution in [1.29, 1.82) is 0 Å². The Morgan fingerprint density at radius 3 is 2.29 bits per heavy atom. The minimum absolute atomic E-state index is 0.0175. The molecule has 0 unspecified atom stereocenters. The number of nitro benzene ring substituents is 1. The molecule has 1 aliphatic carbocycles. The molecular formula is C44H51Cl2N7O5S. The zero-order chi connectivity index (χ0) is 41.9. The van der Waals surface area contributed by atoms with Crippen molar-refractivity contribution in [2.45, 2.75) is 56.9 Å². The van der Waals surface area contributed by atoms with Gasteiger partial charge in [-0.3, -0.25) is 19.8 Å². The van der Waals surface area contributed by atoms with Gasteiger partial charge in [-0.15, -0.1) is 0 Å². The van der Waals surface area contributed by atoms with Gasteiger partial charge in [0, 0.05) is 55.5 Å². The fourth-order valence-corrected chi connectivity index (χ4v) is 9.49. The van der Waals surface area contributed by atoms with Crippen LogP contribution in [0, 0.1) is 15.5 Å². The maximum absolute atomic E-state index is 13.9. The predicted molar refractivity (Wildman–Crippen MR) is 238 cm³/mol. The summed E-state index contributed by atoms with van der Waals surface area (Å²) in [4.78, 5) is 31.9. The van der Waals surface area contributed by atoms with Gasteiger partial charge in [0.1, 0.15) is 5.69 Å². The van der Waals surface area contributed by atoms with Crippen LogP contribution >= 0.6 is 23.2 Å². The summed E-state index contributed by atoms with van der Waals surface area (Å²) < 4.78 is 29.4. The lowest BCUT2D eigenvalue weighted by Gasteiger charge is -2.39. The third-order valence-electron chi connectivity index (χ3n) is 11.7. The largest absolute Gasteiger partial charge is 0.377 e. The molecule has 15 heteroatoms. The number of anilines is 4. The summed E-state index contributed by atoms with van der Waals surface area (Å²) in [5, 5.41) is 19.7. The highest BCUT2D eigenvalue weighted by molar-refractivity contribution is 7.90. The molecule has 0 aromatic heterocycles. The Labute approximate surface area is 356 Å². The molecule has 3 aliphatic rings. The molecule has 312 valence electrons. The average Bonchev–Trinajstić information content (AvgIpc) is 3.20. The molecule has 2 aliphatic heterocycles. The van der Waals surface area contributed by atoms with Gasteiger partial charge in [-0.25, -0.2) is 13.1 Å². The summed E-state index contributed by atoms with van der Waals surface area (Å²) >= 11 is 12.8. The summed E-state index contributed by atoms with van der Waals surface area (Å²) in [5.41, 5.74) is 6.04. The Bertz CT molecular complexity index is 2340. The number of nitro groups is 1. The van der Waals surface area contributed by atoms with E-state index in [1.54, 1.807) is 30.3 Å². The number of halogens is 2. The monoisotopic (exact) mass is 859 g/mol. The number of likely N-dealkylation sites (tertiary alicyclic amines) is 1. The van der Waals surface area contributed by atoms with Gasteiger partial charge in [-0.2, -0.15) is 0 Å². The van der Waals surface area contributed by atoms with Crippen LogP contribution in [0.2, 0.25) is 10.0 Å². The van der Waals surface area contributed by atoms with Crippen LogP contribution in [-0.4, -0.2) is 88.0 Å². The first kappa shape index (κ1) is 42.5. The Morgan fingerprint density at radius 1 is 0.881 bits per heavy atom. The number of para-hydroxylation sites is 1. The van der Waals surface area contributed by atoms with E-state index in [1.165, 1.54) is 28.8 Å². The first-order valence-electron chi connectivity index (χ1n) is 20.0. The molecule has 0 spiro atoms. The molecule has 3 N–H and O–H groups in total. The molecule has 1 amide bonds. The van der Waals surface area contributed by atoms with Gasteiger partial charge in [0.15, 0.2) is 0 Å². The lowest BCUT2D eigenvalue weighted by molar-refractivity contribution is -0.384. The van der Waals surface area contributed by atoms with Crippen LogP contribution in [0.5, 0.6) is 0 Å². The summed E-state index contributed by atoms with van der Waals surface area (Å²) in [6.07, 6.45) is 4.82. The van der Waals surface area contributed by atoms with Crippen molar-refractivity contribution < 1.29 is 18.1 Å². The lowest BCUT2D eigenvalue weighted by atomic mass is 9.72. The van der Waals surface area contributed by atoms with E-state index in [0.717, 1.165) is 94.7 Å². The van der Waals surface area contributed by atoms with Crippen LogP contribution in [0.3, 0.4) is 0 Å². The van der Waals surface area contributed by atoms with Gasteiger partial charge in [-0.1, -0.05) is 66.9 Å². The summed E-state index contributed by atoms with van der Waals surface area (Å²) in [7, 11) is -2.49. The van der Waals surface area contributed by atoms with Crippen molar-refractivity contribution in [3.63, 3.8) is 0 Å². The number of carbonyl (C=O) groups excluding carboxylic acids is 1. The molecular weight excluding hydrogens is 810 g/mol. The Balaban J connectivity index is 1.08. The number of allylic oxidation sites excluding steroid dienone is 1. The molecule has 0 radical (unpaired) electrons. The Kier molecular flexibility index (Phi) is 12.9. The third-order valence-corrected chi connectivity index (χ3v) is 13.6. The smallest absolute Gasteiger partial charge is 0.293 e. The molecule has 4 aromatic rings. The van der Waals surface area contributed by atoms with Gasteiger partial charge >= 0.3 is 0 Å². The fraction of sp³-hybridized carbons (Fsp3) is 0.386. The maximum atomic E-state index is 13.9. The van der Waals surface area contributed by atoms with E-state index in [9.17, 15) is 23.3 Å². The number of nitrogens with zero attached hydrogens (tertiary/aromatic N) is 4. The number of rotatable bonds is 12. The number of nitrogens with one attached hydrogen (secondary N) is 3. The molecule has 2 saturated heterocycles. The van der Waals surface area contributed by atoms with E-state index in [4.69, 9.17) is 23.2 Å². The maximum Gasteiger partial charge on any atom is 0.293 e. The SMILES string of the molecule is CN1CCC(Nc2ccc(S(=O)(=O)NC(=O)c3ccc(N4CCN(CC5=C(c6ccc(Cl)cc6)CC(C)(C)CC5)CC4)cc3Nc3ccccc3Cl)cc2[N+](=O)[O-])CC1. The van der Waals surface area contributed by atoms with Gasteiger partial charge in [0.05, 0.1) is 31.8 Å². The third kappa shape index (κ3) is 10.4. The van der Waals surface area contributed by atoms with E-state index in [1.807, 2.05) is 31.3 Å². The molecule has 7 rings (SSSR count). The number of carbonyl (C=O) groups is 1. The second-order valence-electron chi connectivity index (χ2n) is 16.6. The van der Waals surface area contributed by atoms with Crippen molar-refractivity contribution in [2.24, 2.45) is 5.41 Å². The molecule has 0 bridgehead atoms. The van der Waals surface area contributed by atoms with Crippen LogP contribution in [0.1, 0.15) is 61.9 Å². The van der Waals surface area contributed by atoms with Crippen LogP contribution in [0.25, 0.3) is 5.57 Å². The van der Waals surface area contributed by atoms with Gasteiger partial charge in [0.25, 0.3) is 21.6 Å². The quantitative estimate of drug-likeness (QED) is 0.0934. The minimum Gasteiger partial charge on any atom is -0.377 e. The van der Waals surface area contributed by atoms with Crippen LogP contribution < -0.4 is 20.3 Å². The van der Waals surface area contributed by atoms with Crippen LogP contribution in [0.15, 0.2) is 95.4 Å². The van der Waals surface area contributed by atoms with Crippen molar-refractivity contribution in [3.8, 4) is 0 Å². The van der Waals surface area contributed by atoms with Gasteiger partial charge in [-0.05, 0) is 123 Å². The average molecular weight is 861 g/mol. The second-order valence-corrected chi connectivity index (χ2v) is 19.1. The Morgan fingerprint density at radius 2 is 1.59 bits per heavy atom. The number of benzene rings is 4. The predicted octanol–water partition coefficient (Wildman–Crippen LogP) is 9.06. The van der Waals surface area contributed by atoms with E-state index in [0.29, 0.717) is 16.4 Å². The summed E-state index contributed by atoms with van der Waals surface area (Å²) in [6, 6.07) is 24.2. The Hall–Kier alpha value is -4.66. The van der Waals surface area contributed by atoms with Crippen molar-refractivity contribution in [1.82, 2.24) is 14.5 Å². The summed E-state index contributed by atoms with van der Waals surface area (Å²) in [5.74, 6) is -0.896. The molecule has 0 saturated carbocycles. The van der Waals surface area contributed by atoms with Gasteiger partial charge in [0.2, 0.25) is 0 Å². The topological polar surface area (TPSA) is 140 Å². The van der Waals surface area contributed by atoms with Crippen LogP contribution in [-0.2, 0) is 10.0 Å². The molecule has 0 atom stereocenters. The van der Waals surface area contributed by atoms with E-state index in [2.05, 4.69) is 56.0 Å². The van der Waals surface area contributed by atoms with E-state index >= 15 is 0 Å². The fourth-order valence-electron chi connectivity index (χ4n) is 8.20. The first-order valence-corrected chi connectivity index (χ1v) is 22.3. The number of hydrogen-bond acceptors (Lipinski definition) is 10. The molecule has 2 fully saturated rings. The highest BCUT2D eigenvalue weighted by atomic mass is 35.5. The normalized spacial score (nSPS) is 18.1. The van der Waals surface area contributed by atoms with E-state index < -0.39 is 25.7 Å². The van der Waals surface area contributed by atoms with Crippen LogP contribution in [0.4, 0.5) is 28.4 Å². The molecule has 59 heavy (non-hydrogen) atoms. The number of amides is 1. The highest BCUT2D eigenvalue weighted by Crippen LogP contribution is 2.43. The van der Waals surface area contributed by atoms with Gasteiger partial charge < -0.3 is 20.4 Å². The van der Waals surface area contributed by atoms with Crippen molar-refractivity contribution in [3.05, 3.63) is 122 Å². The standard InChI is InChI=1S/C44H51Cl2N7O5S/c1-44(2)19-16-31(37(28-44)30-8-10-32(45)11-9-30)29-51-22-24-52(25-23-51)34-12-14-36(41(26-34)48-39-7-5-4-6-38(39)46)43(54)49-59(57,58)35-13-15-40(42(27-35)53(55)56)47-33-17-20-50(3)21-18-33/h4-15,26-27,33,47-48H,16-25,28-29H2,1-3H3,(H,49,54). The first-order chi connectivity index (χ1) is 28.1. The van der Waals surface area contributed by atoms with E-state index in [-0.39, 0.29) is 28.4 Å². The zero-order valence-electron chi connectivity index (χ0n) is 33.6. The second kappa shape index (κ2) is 17.9. The summed E-state index contributed by atoms with van der Waals surface area (Å²) in [6.45, 7) is 10.4. The number of piperidine rings is 1. The van der Waals surface area contributed by atoms with Crippen molar-refractivity contribution in [2.75, 3.05) is 68.4 Å². The number of hydrogen-bond donors (Lipinski definition) is 3. The minimum atomic E-state index is -4.52. The highest BCUT2D eigenvalue weighted by Gasteiger charge is 2.31. The molecule has 4 aromatic carbocycles. The zero-order valence-corrected chi connectivity index (χ0v) is 36.0. The molecule has 2 heterocycles.